The van der Waals surface area contributed by atoms with Gasteiger partial charge in [0.1, 0.15) is 30.2 Å². The molecule has 2 aromatic rings. The van der Waals surface area contributed by atoms with E-state index >= 15 is 0 Å². The number of hydrogen-bond acceptors (Lipinski definition) is 12. The lowest BCUT2D eigenvalue weighted by molar-refractivity contribution is -0.120. The highest BCUT2D eigenvalue weighted by Gasteiger charge is 2.45. The van der Waals surface area contributed by atoms with E-state index < -0.39 is 53.4 Å². The Morgan fingerprint density at radius 3 is 2.79 bits per heavy atom. The number of anilines is 1. The number of carbonyl (C=O) groups is 1. The van der Waals surface area contributed by atoms with Crippen LogP contribution in [-0.2, 0) is 24.0 Å². The quantitative estimate of drug-likeness (QED) is 0.313. The normalized spacial score (nSPS) is 26.4. The smallest absolute Gasteiger partial charge is 0.362 e. The van der Waals surface area contributed by atoms with E-state index in [0.29, 0.717) is 0 Å². The van der Waals surface area contributed by atoms with Crippen LogP contribution in [0.5, 0.6) is 0 Å². The Morgan fingerprint density at radius 2 is 2.11 bits per heavy atom. The van der Waals surface area contributed by atoms with E-state index in [0.717, 1.165) is 0 Å². The zero-order valence-corrected chi connectivity index (χ0v) is 15.4. The van der Waals surface area contributed by atoms with Gasteiger partial charge < -0.3 is 26.4 Å². The van der Waals surface area contributed by atoms with Gasteiger partial charge in [-0.15, -0.1) is 0 Å². The summed E-state index contributed by atoms with van der Waals surface area (Å²) >= 11 is 0. The van der Waals surface area contributed by atoms with Crippen LogP contribution >= 0.6 is 0 Å². The molecule has 7 N–H and O–H groups in total. The summed E-state index contributed by atoms with van der Waals surface area (Å²) in [5.74, 6) is -0.847. The van der Waals surface area contributed by atoms with Crippen LogP contribution in [0.2, 0.25) is 0 Å². The molecule has 0 aliphatic carbocycles. The van der Waals surface area contributed by atoms with Crippen LogP contribution in [0.3, 0.4) is 0 Å². The summed E-state index contributed by atoms with van der Waals surface area (Å²) in [6.45, 7) is 0.626. The summed E-state index contributed by atoms with van der Waals surface area (Å²) in [6.07, 6.45) is -2.80. The average molecular weight is 417 g/mol. The molecule has 1 fully saturated rings. The highest BCUT2D eigenvalue weighted by Crippen LogP contribution is 2.32. The molecule has 0 spiro atoms. The van der Waals surface area contributed by atoms with Crippen LogP contribution in [-0.4, -0.2) is 75.0 Å². The number of carbonyl (C=O) groups excluding carboxylic acids is 1. The van der Waals surface area contributed by atoms with Crippen LogP contribution in [0.4, 0.5) is 5.82 Å². The summed E-state index contributed by atoms with van der Waals surface area (Å²) in [7, 11) is -4.47. The molecule has 1 aliphatic rings. The highest BCUT2D eigenvalue weighted by molar-refractivity contribution is 7.85. The number of amides is 1. The van der Waals surface area contributed by atoms with E-state index in [4.69, 9.17) is 16.2 Å². The molecule has 154 valence electrons. The second kappa shape index (κ2) is 7.53. The number of fused-ring (bicyclic) bond motifs is 1. The molecule has 1 amide bonds. The number of nitrogens with two attached hydrogens (primary N) is 2. The number of hydrogen-bond donors (Lipinski definition) is 5. The Morgan fingerprint density at radius 1 is 1.39 bits per heavy atom. The number of nitrogens with zero attached hydrogens (tertiary/aromatic N) is 4. The van der Waals surface area contributed by atoms with Crippen molar-refractivity contribution in [3.63, 3.8) is 0 Å². The Hall–Kier alpha value is -2.43. The average Bonchev–Trinajstić information content (AvgIpc) is 3.16. The maximum atomic E-state index is 11.8. The molecular weight excluding hydrogens is 398 g/mol. The molecule has 0 saturated carbocycles. The standard InChI is InChI=1S/C13H19N7O7S/c1-5(14)12(23)19-28(24,25)26-2-6-8(21)9(22)13(27-6)20-4-18-7-10(15)16-3-17-11(7)20/h3-6,8-9,13,21-22H,2,14H2,1H3,(H,19,23)(H2,15,16,17)/t5?,6-,8-,9-,13-/m1/s1. The summed E-state index contributed by atoms with van der Waals surface area (Å²) in [5.41, 5.74) is 11.5. The third kappa shape index (κ3) is 3.89. The van der Waals surface area contributed by atoms with Crippen molar-refractivity contribution in [1.29, 1.82) is 0 Å². The molecule has 0 bridgehead atoms. The van der Waals surface area contributed by atoms with Gasteiger partial charge in [0, 0.05) is 0 Å². The van der Waals surface area contributed by atoms with Gasteiger partial charge in [-0.25, -0.2) is 19.7 Å². The minimum atomic E-state index is -4.47. The van der Waals surface area contributed by atoms with Gasteiger partial charge >= 0.3 is 10.3 Å². The number of nitrogen functional groups attached to an aromatic ring is 1. The van der Waals surface area contributed by atoms with Gasteiger partial charge in [-0.1, -0.05) is 0 Å². The molecule has 28 heavy (non-hydrogen) atoms. The molecule has 2 aromatic heterocycles. The molecule has 0 aromatic carbocycles. The monoisotopic (exact) mass is 417 g/mol. The maximum absolute atomic E-state index is 11.8. The largest absolute Gasteiger partial charge is 0.387 e. The number of imidazole rings is 1. The van der Waals surface area contributed by atoms with Gasteiger partial charge in [0.15, 0.2) is 17.7 Å². The van der Waals surface area contributed by atoms with Gasteiger partial charge in [-0.3, -0.25) is 13.5 Å². The van der Waals surface area contributed by atoms with Crippen LogP contribution < -0.4 is 16.2 Å². The predicted molar refractivity (Wildman–Crippen MR) is 92.3 cm³/mol. The number of aromatic nitrogens is 4. The second-order valence-corrected chi connectivity index (χ2v) is 7.47. The predicted octanol–water partition coefficient (Wildman–Crippen LogP) is -3.25. The zero-order valence-electron chi connectivity index (χ0n) is 14.5. The fourth-order valence-corrected chi connectivity index (χ4v) is 3.36. The van der Waals surface area contributed by atoms with E-state index in [2.05, 4.69) is 19.1 Å². The highest BCUT2D eigenvalue weighted by atomic mass is 32.2. The minimum Gasteiger partial charge on any atom is -0.387 e. The molecule has 14 nitrogen and oxygen atoms in total. The Bertz CT molecular complexity index is 979. The zero-order chi connectivity index (χ0) is 20.6. The van der Waals surface area contributed by atoms with Crippen molar-refractivity contribution in [2.75, 3.05) is 12.3 Å². The van der Waals surface area contributed by atoms with Crippen molar-refractivity contribution in [1.82, 2.24) is 24.2 Å². The van der Waals surface area contributed by atoms with Crippen molar-refractivity contribution < 1.29 is 32.3 Å². The maximum Gasteiger partial charge on any atom is 0.362 e. The molecule has 5 atom stereocenters. The number of aliphatic hydroxyl groups is 2. The minimum absolute atomic E-state index is 0.118. The topological polar surface area (TPSA) is 218 Å². The summed E-state index contributed by atoms with van der Waals surface area (Å²) in [6, 6.07) is -1.07. The summed E-state index contributed by atoms with van der Waals surface area (Å²) in [5, 5.41) is 20.5. The molecule has 1 unspecified atom stereocenters. The van der Waals surface area contributed by atoms with Crippen LogP contribution in [0, 0.1) is 0 Å². The molecule has 15 heteroatoms. The molecule has 3 rings (SSSR count). The first kappa shape index (κ1) is 20.3. The molecule has 3 heterocycles. The third-order valence-electron chi connectivity index (χ3n) is 4.03. The van der Waals surface area contributed by atoms with E-state index in [1.807, 2.05) is 0 Å². The molecular formula is C13H19N7O7S. The number of nitrogens with one attached hydrogen (secondary N) is 1. The molecule has 1 aliphatic heterocycles. The van der Waals surface area contributed by atoms with Crippen molar-refractivity contribution in [2.24, 2.45) is 5.73 Å². The van der Waals surface area contributed by atoms with Crippen molar-refractivity contribution in [2.45, 2.75) is 37.5 Å². The van der Waals surface area contributed by atoms with E-state index in [1.54, 1.807) is 4.72 Å². The first-order valence-electron chi connectivity index (χ1n) is 8.02. The Balaban J connectivity index is 1.72. The van der Waals surface area contributed by atoms with Crippen LogP contribution in [0.1, 0.15) is 13.2 Å². The van der Waals surface area contributed by atoms with Crippen molar-refractivity contribution in [3.8, 4) is 0 Å². The number of aliphatic hydroxyl groups excluding tert-OH is 2. The van der Waals surface area contributed by atoms with Crippen molar-refractivity contribution in [3.05, 3.63) is 12.7 Å². The van der Waals surface area contributed by atoms with Crippen LogP contribution in [0.15, 0.2) is 12.7 Å². The van der Waals surface area contributed by atoms with E-state index in [1.165, 1.54) is 24.1 Å². The van der Waals surface area contributed by atoms with Gasteiger partial charge in [-0.05, 0) is 6.92 Å². The lowest BCUT2D eigenvalue weighted by Crippen LogP contribution is -2.43. The molecule has 1 saturated heterocycles. The van der Waals surface area contributed by atoms with Gasteiger partial charge in [0.2, 0.25) is 0 Å². The number of ether oxygens (including phenoxy) is 1. The van der Waals surface area contributed by atoms with Gasteiger partial charge in [0.25, 0.3) is 5.91 Å². The Labute approximate surface area is 158 Å². The fraction of sp³-hybridized carbons (Fsp3) is 0.538. The van der Waals surface area contributed by atoms with E-state index in [-0.39, 0.29) is 17.0 Å². The summed E-state index contributed by atoms with van der Waals surface area (Å²) in [4.78, 5) is 23.2. The fourth-order valence-electron chi connectivity index (χ4n) is 2.56. The van der Waals surface area contributed by atoms with E-state index in [9.17, 15) is 23.4 Å². The SMILES string of the molecule is CC(N)C(=O)NS(=O)(=O)OC[C@H]1O[C@@H](n2cnc3c(N)ncnc32)[C@H](O)[C@@H]1O. The van der Waals surface area contributed by atoms with Gasteiger partial charge in [-0.2, -0.15) is 8.42 Å². The summed E-state index contributed by atoms with van der Waals surface area (Å²) < 4.78 is 36.6. The lowest BCUT2D eigenvalue weighted by Gasteiger charge is -2.16. The van der Waals surface area contributed by atoms with Gasteiger partial charge in [0.05, 0.1) is 19.0 Å². The Kier molecular flexibility index (Phi) is 5.46. The first-order valence-corrected chi connectivity index (χ1v) is 9.42. The number of rotatable bonds is 6. The third-order valence-corrected chi connectivity index (χ3v) is 4.92. The second-order valence-electron chi connectivity index (χ2n) is 6.12. The molecule has 0 radical (unpaired) electrons. The lowest BCUT2D eigenvalue weighted by atomic mass is 10.1. The first-order chi connectivity index (χ1) is 13.1. The van der Waals surface area contributed by atoms with Crippen LogP contribution in [0.25, 0.3) is 11.2 Å². The van der Waals surface area contributed by atoms with Crippen molar-refractivity contribution >= 4 is 33.2 Å².